The maximum absolute atomic E-state index is 10.6. The summed E-state index contributed by atoms with van der Waals surface area (Å²) in [5.41, 5.74) is 6.22. The number of carboxylic acid groups (broad SMARTS) is 1. The standard InChI is InChI=1S/C9H13N3O3/c10-7(9(13)14)4-6-5-11-12-2-1-3-15-8(6)12/h5,7H,1-4,10H2,(H,13,14). The molecule has 0 spiro atoms. The molecule has 6 nitrogen and oxygen atoms in total. The minimum Gasteiger partial charge on any atom is -0.480 e. The Morgan fingerprint density at radius 3 is 3.33 bits per heavy atom. The number of aromatic nitrogens is 2. The van der Waals surface area contributed by atoms with Crippen molar-refractivity contribution in [1.82, 2.24) is 9.78 Å². The van der Waals surface area contributed by atoms with Gasteiger partial charge in [-0.05, 0) is 0 Å². The van der Waals surface area contributed by atoms with Crippen molar-refractivity contribution in [3.05, 3.63) is 11.8 Å². The summed E-state index contributed by atoms with van der Waals surface area (Å²) in [5, 5.41) is 12.8. The molecule has 0 fully saturated rings. The molecule has 1 aliphatic heterocycles. The van der Waals surface area contributed by atoms with Gasteiger partial charge in [-0.1, -0.05) is 0 Å². The third kappa shape index (κ3) is 1.94. The minimum absolute atomic E-state index is 0.255. The van der Waals surface area contributed by atoms with Gasteiger partial charge in [0.15, 0.2) is 0 Å². The Bertz CT molecular complexity index is 375. The highest BCUT2D eigenvalue weighted by atomic mass is 16.5. The van der Waals surface area contributed by atoms with Gasteiger partial charge >= 0.3 is 5.97 Å². The van der Waals surface area contributed by atoms with Crippen LogP contribution >= 0.6 is 0 Å². The van der Waals surface area contributed by atoms with Gasteiger partial charge < -0.3 is 15.6 Å². The van der Waals surface area contributed by atoms with Crippen LogP contribution in [0.15, 0.2) is 6.20 Å². The van der Waals surface area contributed by atoms with Crippen LogP contribution in [0.2, 0.25) is 0 Å². The van der Waals surface area contributed by atoms with Crippen LogP contribution in [-0.2, 0) is 17.8 Å². The molecule has 0 bridgehead atoms. The first kappa shape index (κ1) is 9.97. The molecule has 0 aliphatic carbocycles. The molecule has 2 heterocycles. The predicted octanol–water partition coefficient (Wildman–Crippen LogP) is -0.380. The molecule has 1 aliphatic rings. The number of rotatable bonds is 3. The molecule has 0 saturated carbocycles. The number of hydrogen-bond donors (Lipinski definition) is 2. The number of hydrogen-bond acceptors (Lipinski definition) is 4. The van der Waals surface area contributed by atoms with Crippen molar-refractivity contribution in [3.8, 4) is 5.88 Å². The van der Waals surface area contributed by atoms with Gasteiger partial charge in [-0.2, -0.15) is 5.10 Å². The summed E-state index contributed by atoms with van der Waals surface area (Å²) >= 11 is 0. The Morgan fingerprint density at radius 2 is 2.60 bits per heavy atom. The van der Waals surface area contributed by atoms with E-state index >= 15 is 0 Å². The molecule has 3 N–H and O–H groups in total. The largest absolute Gasteiger partial charge is 0.480 e. The fourth-order valence-corrected chi connectivity index (χ4v) is 1.59. The van der Waals surface area contributed by atoms with Gasteiger partial charge in [0, 0.05) is 24.9 Å². The Hall–Kier alpha value is -1.56. The predicted molar refractivity (Wildman–Crippen MR) is 51.7 cm³/mol. The topological polar surface area (TPSA) is 90.4 Å². The first-order chi connectivity index (χ1) is 7.18. The van der Waals surface area contributed by atoms with Crippen molar-refractivity contribution in [2.75, 3.05) is 6.61 Å². The molecular formula is C9H13N3O3. The van der Waals surface area contributed by atoms with Gasteiger partial charge in [0.25, 0.3) is 0 Å². The highest BCUT2D eigenvalue weighted by Crippen LogP contribution is 2.23. The maximum atomic E-state index is 10.6. The van der Waals surface area contributed by atoms with E-state index < -0.39 is 12.0 Å². The lowest BCUT2D eigenvalue weighted by Crippen LogP contribution is -2.32. The molecule has 0 saturated heterocycles. The molecule has 1 aromatic rings. The molecule has 1 unspecified atom stereocenters. The molecule has 82 valence electrons. The van der Waals surface area contributed by atoms with E-state index in [1.54, 1.807) is 10.9 Å². The lowest BCUT2D eigenvalue weighted by Gasteiger charge is -2.16. The van der Waals surface area contributed by atoms with Gasteiger partial charge in [-0.15, -0.1) is 0 Å². The average Bonchev–Trinajstić information content (AvgIpc) is 2.62. The first-order valence-corrected chi connectivity index (χ1v) is 4.84. The van der Waals surface area contributed by atoms with E-state index in [-0.39, 0.29) is 6.42 Å². The van der Waals surface area contributed by atoms with E-state index in [1.807, 2.05) is 0 Å². The monoisotopic (exact) mass is 211 g/mol. The zero-order valence-electron chi connectivity index (χ0n) is 8.22. The molecule has 0 amide bonds. The fraction of sp³-hybridized carbons (Fsp3) is 0.556. The van der Waals surface area contributed by atoms with E-state index in [1.165, 1.54) is 0 Å². The van der Waals surface area contributed by atoms with Crippen molar-refractivity contribution < 1.29 is 14.6 Å². The van der Waals surface area contributed by atoms with Gasteiger partial charge in [-0.25, -0.2) is 4.68 Å². The second kappa shape index (κ2) is 3.90. The van der Waals surface area contributed by atoms with E-state index in [9.17, 15) is 4.79 Å². The van der Waals surface area contributed by atoms with Crippen molar-refractivity contribution in [3.63, 3.8) is 0 Å². The molecule has 6 heteroatoms. The van der Waals surface area contributed by atoms with Gasteiger partial charge in [0.2, 0.25) is 5.88 Å². The van der Waals surface area contributed by atoms with Gasteiger partial charge in [0.1, 0.15) is 6.04 Å². The van der Waals surface area contributed by atoms with Crippen LogP contribution in [0.1, 0.15) is 12.0 Å². The van der Waals surface area contributed by atoms with Crippen LogP contribution in [0.25, 0.3) is 0 Å². The summed E-state index contributed by atoms with van der Waals surface area (Å²) < 4.78 is 7.17. The van der Waals surface area contributed by atoms with Crippen molar-refractivity contribution in [2.24, 2.45) is 5.73 Å². The summed E-state index contributed by atoms with van der Waals surface area (Å²) in [5.74, 6) is -0.344. The highest BCUT2D eigenvalue weighted by Gasteiger charge is 2.20. The normalized spacial score (nSPS) is 16.6. The molecule has 0 aromatic carbocycles. The molecule has 1 atom stereocenters. The number of carbonyl (C=O) groups is 1. The number of nitrogens with zero attached hydrogens (tertiary/aromatic N) is 2. The smallest absolute Gasteiger partial charge is 0.320 e. The Kier molecular flexibility index (Phi) is 2.59. The van der Waals surface area contributed by atoms with E-state index in [2.05, 4.69) is 5.10 Å². The lowest BCUT2D eigenvalue weighted by molar-refractivity contribution is -0.138. The fourth-order valence-electron chi connectivity index (χ4n) is 1.59. The summed E-state index contributed by atoms with van der Waals surface area (Å²) in [6.45, 7) is 1.47. The third-order valence-corrected chi connectivity index (χ3v) is 2.37. The number of fused-ring (bicyclic) bond motifs is 1. The average molecular weight is 211 g/mol. The zero-order chi connectivity index (χ0) is 10.8. The van der Waals surface area contributed by atoms with Crippen LogP contribution in [0.3, 0.4) is 0 Å². The molecule has 15 heavy (non-hydrogen) atoms. The molecular weight excluding hydrogens is 198 g/mol. The van der Waals surface area contributed by atoms with Gasteiger partial charge in [0.05, 0.1) is 12.8 Å². The number of ether oxygens (including phenoxy) is 1. The second-order valence-electron chi connectivity index (χ2n) is 3.55. The molecule has 1 aromatic heterocycles. The van der Waals surface area contributed by atoms with Crippen LogP contribution in [0, 0.1) is 0 Å². The quantitative estimate of drug-likeness (QED) is 0.711. The SMILES string of the molecule is NC(Cc1cnn2c1OCCC2)C(=O)O. The summed E-state index contributed by atoms with van der Waals surface area (Å²) in [4.78, 5) is 10.6. The Balaban J connectivity index is 2.15. The number of aryl methyl sites for hydroxylation is 1. The summed E-state index contributed by atoms with van der Waals surface area (Å²) in [6.07, 6.45) is 2.81. The first-order valence-electron chi connectivity index (χ1n) is 4.84. The highest BCUT2D eigenvalue weighted by molar-refractivity contribution is 5.73. The second-order valence-corrected chi connectivity index (χ2v) is 3.55. The van der Waals surface area contributed by atoms with Crippen molar-refractivity contribution >= 4 is 5.97 Å². The van der Waals surface area contributed by atoms with E-state index in [0.717, 1.165) is 18.5 Å². The van der Waals surface area contributed by atoms with Crippen molar-refractivity contribution in [1.29, 1.82) is 0 Å². The minimum atomic E-state index is -1.01. The van der Waals surface area contributed by atoms with Gasteiger partial charge in [-0.3, -0.25) is 4.79 Å². The van der Waals surface area contributed by atoms with Crippen LogP contribution in [-0.4, -0.2) is 33.5 Å². The van der Waals surface area contributed by atoms with Crippen LogP contribution < -0.4 is 10.5 Å². The zero-order valence-corrected chi connectivity index (χ0v) is 8.22. The van der Waals surface area contributed by atoms with Crippen molar-refractivity contribution in [2.45, 2.75) is 25.4 Å². The molecule has 0 radical (unpaired) electrons. The maximum Gasteiger partial charge on any atom is 0.320 e. The summed E-state index contributed by atoms with van der Waals surface area (Å²) in [7, 11) is 0. The Labute approximate surface area is 86.6 Å². The number of aliphatic carboxylic acids is 1. The third-order valence-electron chi connectivity index (χ3n) is 2.37. The van der Waals surface area contributed by atoms with Crippen LogP contribution in [0.5, 0.6) is 5.88 Å². The molecule has 2 rings (SSSR count). The number of carboxylic acids is 1. The number of nitrogens with two attached hydrogens (primary N) is 1. The van der Waals surface area contributed by atoms with E-state index in [0.29, 0.717) is 12.5 Å². The summed E-state index contributed by atoms with van der Waals surface area (Å²) in [6, 6.07) is -0.899. The lowest BCUT2D eigenvalue weighted by atomic mass is 10.1. The van der Waals surface area contributed by atoms with E-state index in [4.69, 9.17) is 15.6 Å². The van der Waals surface area contributed by atoms with Crippen LogP contribution in [0.4, 0.5) is 0 Å². The Morgan fingerprint density at radius 1 is 1.80 bits per heavy atom.